The quantitative estimate of drug-likeness (QED) is 0.616. The Balaban J connectivity index is 3.19. The fourth-order valence-corrected chi connectivity index (χ4v) is 1.29. The van der Waals surface area contributed by atoms with E-state index in [-0.39, 0.29) is 11.3 Å². The normalized spacial score (nSPS) is 11.4. The van der Waals surface area contributed by atoms with Crippen molar-refractivity contribution >= 4 is 40.6 Å². The molecular weight excluding hydrogens is 246 g/mol. The molecule has 2 nitrogen and oxygen atoms in total. The molecule has 5 heteroatoms. The molecule has 0 bridgehead atoms. The monoisotopic (exact) mass is 252 g/mol. The van der Waals surface area contributed by atoms with Crippen LogP contribution in [0.4, 0.5) is 0 Å². The van der Waals surface area contributed by atoms with E-state index in [0.29, 0.717) is 0 Å². The lowest BCUT2D eigenvalue weighted by atomic mass is 10.1. The molecule has 0 radical (unpaired) electrons. The first-order valence-corrected chi connectivity index (χ1v) is 4.87. The molecule has 0 amide bonds. The van der Waals surface area contributed by atoms with Crippen LogP contribution in [0.2, 0.25) is 0 Å². The van der Waals surface area contributed by atoms with Crippen LogP contribution in [0, 0.1) is 6.92 Å². The van der Waals surface area contributed by atoms with Crippen molar-refractivity contribution in [1.29, 1.82) is 0 Å². The highest BCUT2D eigenvalue weighted by molar-refractivity contribution is 6.77. The minimum atomic E-state index is -2.04. The molecule has 0 fully saturated rings. The van der Waals surface area contributed by atoms with Crippen LogP contribution >= 0.6 is 34.8 Å². The van der Waals surface area contributed by atoms with Crippen molar-refractivity contribution < 1.29 is 9.90 Å². The van der Waals surface area contributed by atoms with Gasteiger partial charge >= 0.3 is 0 Å². The molecule has 0 saturated carbocycles. The first-order valence-electron chi connectivity index (χ1n) is 3.73. The number of alkyl halides is 3. The van der Waals surface area contributed by atoms with Crippen molar-refractivity contribution in [2.24, 2.45) is 0 Å². The predicted octanol–water partition coefficient (Wildman–Crippen LogP) is 3.25. The molecule has 0 spiro atoms. The van der Waals surface area contributed by atoms with Gasteiger partial charge in [0.25, 0.3) is 3.79 Å². The van der Waals surface area contributed by atoms with Gasteiger partial charge in [0, 0.05) is 0 Å². The van der Waals surface area contributed by atoms with Crippen LogP contribution in [0.1, 0.15) is 15.9 Å². The lowest BCUT2D eigenvalue weighted by molar-refractivity contribution is 0.0993. The molecule has 0 aliphatic heterocycles. The largest absolute Gasteiger partial charge is 0.507 e. The van der Waals surface area contributed by atoms with E-state index in [1.54, 1.807) is 13.0 Å². The molecule has 0 atom stereocenters. The van der Waals surface area contributed by atoms with Crippen molar-refractivity contribution in [3.63, 3.8) is 0 Å². The van der Waals surface area contributed by atoms with Crippen LogP contribution in [-0.4, -0.2) is 14.7 Å². The molecule has 0 aromatic heterocycles. The summed E-state index contributed by atoms with van der Waals surface area (Å²) in [7, 11) is 0. The summed E-state index contributed by atoms with van der Waals surface area (Å²) < 4.78 is -2.04. The van der Waals surface area contributed by atoms with Crippen LogP contribution < -0.4 is 0 Å². The van der Waals surface area contributed by atoms with Crippen molar-refractivity contribution in [1.82, 2.24) is 0 Å². The Kier molecular flexibility index (Phi) is 3.30. The minimum Gasteiger partial charge on any atom is -0.507 e. The van der Waals surface area contributed by atoms with Crippen LogP contribution in [0.3, 0.4) is 0 Å². The van der Waals surface area contributed by atoms with Crippen molar-refractivity contribution in [2.45, 2.75) is 10.7 Å². The van der Waals surface area contributed by atoms with E-state index in [4.69, 9.17) is 34.8 Å². The Labute approximate surface area is 96.4 Å². The summed E-state index contributed by atoms with van der Waals surface area (Å²) in [5, 5.41) is 9.37. The molecule has 0 unspecified atom stereocenters. The van der Waals surface area contributed by atoms with Crippen molar-refractivity contribution in [3.05, 3.63) is 29.3 Å². The first-order chi connectivity index (χ1) is 6.32. The zero-order chi connectivity index (χ0) is 10.9. The van der Waals surface area contributed by atoms with Gasteiger partial charge < -0.3 is 5.11 Å². The predicted molar refractivity (Wildman–Crippen MR) is 57.5 cm³/mol. The number of aryl methyl sites for hydroxylation is 1. The van der Waals surface area contributed by atoms with Crippen LogP contribution in [0.5, 0.6) is 5.75 Å². The number of carbonyl (C=O) groups excluding carboxylic acids is 1. The number of phenols is 1. The molecule has 0 aliphatic rings. The smallest absolute Gasteiger partial charge is 0.253 e. The van der Waals surface area contributed by atoms with Crippen LogP contribution in [0.15, 0.2) is 18.2 Å². The van der Waals surface area contributed by atoms with E-state index < -0.39 is 9.58 Å². The van der Waals surface area contributed by atoms with Gasteiger partial charge in [0.05, 0.1) is 5.56 Å². The third-order valence-electron chi connectivity index (χ3n) is 1.65. The molecule has 0 saturated heterocycles. The van der Waals surface area contributed by atoms with E-state index in [1.165, 1.54) is 12.1 Å². The van der Waals surface area contributed by atoms with E-state index >= 15 is 0 Å². The van der Waals surface area contributed by atoms with E-state index in [1.807, 2.05) is 0 Å². The Morgan fingerprint density at radius 3 is 2.43 bits per heavy atom. The minimum absolute atomic E-state index is 0.0185. The summed E-state index contributed by atoms with van der Waals surface area (Å²) in [5.74, 6) is -0.921. The number of halogens is 3. The number of aromatic hydroxyl groups is 1. The Bertz CT molecular complexity index is 369. The number of ketones is 1. The number of carbonyl (C=O) groups is 1. The molecule has 0 heterocycles. The summed E-state index contributed by atoms with van der Waals surface area (Å²) >= 11 is 16.2. The number of hydrogen-bond donors (Lipinski definition) is 1. The SMILES string of the molecule is Cc1ccc(O)c(C(=O)C(Cl)(Cl)Cl)c1. The molecule has 1 rings (SSSR count). The van der Waals surface area contributed by atoms with Gasteiger partial charge in [-0.2, -0.15) is 0 Å². The lowest BCUT2D eigenvalue weighted by Crippen LogP contribution is -2.19. The summed E-state index contributed by atoms with van der Waals surface area (Å²) in [6.45, 7) is 1.77. The number of benzene rings is 1. The molecule has 1 N–H and O–H groups in total. The van der Waals surface area contributed by atoms with Crippen molar-refractivity contribution in [2.75, 3.05) is 0 Å². The molecule has 1 aromatic carbocycles. The standard InChI is InChI=1S/C9H7Cl3O2/c1-5-2-3-7(13)6(4-5)8(14)9(10,11)12/h2-4,13H,1H3. The summed E-state index contributed by atoms with van der Waals surface area (Å²) in [6, 6.07) is 4.52. The van der Waals surface area contributed by atoms with Gasteiger partial charge in [-0.25, -0.2) is 0 Å². The molecular formula is C9H7Cl3O2. The van der Waals surface area contributed by atoms with Gasteiger partial charge in [-0.1, -0.05) is 46.4 Å². The molecule has 0 aliphatic carbocycles. The number of phenolic OH excluding ortho intramolecular Hbond substituents is 1. The van der Waals surface area contributed by atoms with Gasteiger partial charge in [-0.3, -0.25) is 4.79 Å². The van der Waals surface area contributed by atoms with Gasteiger partial charge in [-0.15, -0.1) is 0 Å². The first kappa shape index (κ1) is 11.6. The number of rotatable bonds is 1. The van der Waals surface area contributed by atoms with Gasteiger partial charge in [-0.05, 0) is 19.1 Å². The average molecular weight is 254 g/mol. The Morgan fingerprint density at radius 2 is 1.93 bits per heavy atom. The lowest BCUT2D eigenvalue weighted by Gasteiger charge is -2.10. The summed E-state index contributed by atoms with van der Waals surface area (Å²) in [6.07, 6.45) is 0. The van der Waals surface area contributed by atoms with E-state index in [0.717, 1.165) is 5.56 Å². The maximum Gasteiger partial charge on any atom is 0.253 e. The van der Waals surface area contributed by atoms with E-state index in [2.05, 4.69) is 0 Å². The van der Waals surface area contributed by atoms with Crippen LogP contribution in [-0.2, 0) is 0 Å². The highest BCUT2D eigenvalue weighted by atomic mass is 35.6. The van der Waals surface area contributed by atoms with Gasteiger partial charge in [0.2, 0.25) is 5.78 Å². The van der Waals surface area contributed by atoms with Gasteiger partial charge in [0.1, 0.15) is 5.75 Å². The highest BCUT2D eigenvalue weighted by Gasteiger charge is 2.33. The second-order valence-electron chi connectivity index (χ2n) is 2.85. The number of hydrogen-bond acceptors (Lipinski definition) is 2. The Hall–Kier alpha value is -0.440. The second kappa shape index (κ2) is 3.97. The van der Waals surface area contributed by atoms with Gasteiger partial charge in [0.15, 0.2) is 0 Å². The summed E-state index contributed by atoms with van der Waals surface area (Å²) in [5.41, 5.74) is 0.824. The fraction of sp³-hybridized carbons (Fsp3) is 0.222. The van der Waals surface area contributed by atoms with E-state index in [9.17, 15) is 9.90 Å². The highest BCUT2D eigenvalue weighted by Crippen LogP contribution is 2.33. The summed E-state index contributed by atoms with van der Waals surface area (Å²) in [4.78, 5) is 11.5. The molecule has 76 valence electrons. The third kappa shape index (κ3) is 2.53. The molecule has 14 heavy (non-hydrogen) atoms. The van der Waals surface area contributed by atoms with Crippen LogP contribution in [0.25, 0.3) is 0 Å². The molecule has 1 aromatic rings. The third-order valence-corrected chi connectivity index (χ3v) is 2.17. The topological polar surface area (TPSA) is 37.3 Å². The zero-order valence-electron chi connectivity index (χ0n) is 7.22. The van der Waals surface area contributed by atoms with Crippen molar-refractivity contribution in [3.8, 4) is 5.75 Å². The fourth-order valence-electron chi connectivity index (χ4n) is 0.984. The maximum absolute atomic E-state index is 11.5. The maximum atomic E-state index is 11.5. The second-order valence-corrected chi connectivity index (χ2v) is 5.13. The number of Topliss-reactive ketones (excluding diaryl/α,β-unsaturated/α-hetero) is 1. The Morgan fingerprint density at radius 1 is 1.36 bits per heavy atom. The average Bonchev–Trinajstić information content (AvgIpc) is 2.06. The zero-order valence-corrected chi connectivity index (χ0v) is 9.49.